The molecule has 1 amide bonds. The predicted octanol–water partition coefficient (Wildman–Crippen LogP) is 5.01. The van der Waals surface area contributed by atoms with E-state index >= 15 is 0 Å². The first-order valence-corrected chi connectivity index (χ1v) is 11.1. The molecule has 1 atom stereocenters. The summed E-state index contributed by atoms with van der Waals surface area (Å²) >= 11 is 0. The molecule has 164 valence electrons. The fourth-order valence-electron chi connectivity index (χ4n) is 4.53. The zero-order chi connectivity index (χ0) is 23.1. The van der Waals surface area contributed by atoms with Gasteiger partial charge in [0.25, 0.3) is 5.91 Å². The fourth-order valence-corrected chi connectivity index (χ4v) is 4.53. The highest BCUT2D eigenvalue weighted by molar-refractivity contribution is 6.15. The lowest BCUT2D eigenvalue weighted by Crippen LogP contribution is -2.29. The second-order valence-electron chi connectivity index (χ2n) is 8.20. The lowest BCUT2D eigenvalue weighted by atomic mass is 10.0. The van der Waals surface area contributed by atoms with Gasteiger partial charge in [-0.3, -0.25) is 14.4 Å². The second-order valence-corrected chi connectivity index (χ2v) is 8.20. The average Bonchev–Trinajstić information content (AvgIpc) is 3.21. The van der Waals surface area contributed by atoms with Crippen molar-refractivity contribution in [1.82, 2.24) is 20.1 Å². The van der Waals surface area contributed by atoms with Gasteiger partial charge in [-0.2, -0.15) is 0 Å². The predicted molar refractivity (Wildman–Crippen MR) is 132 cm³/mol. The Kier molecular flexibility index (Phi) is 4.77. The van der Waals surface area contributed by atoms with E-state index in [9.17, 15) is 4.79 Å². The molecule has 0 saturated heterocycles. The number of amides is 1. The molecule has 0 aliphatic carbocycles. The number of fused-ring (bicyclic) bond motifs is 4. The van der Waals surface area contributed by atoms with Gasteiger partial charge in [-0.15, -0.1) is 10.2 Å². The summed E-state index contributed by atoms with van der Waals surface area (Å²) in [5.41, 5.74) is 4.25. The number of carbonyl (C=O) groups excluding carboxylic acids is 1. The number of aryl methyl sites for hydroxylation is 1. The number of benzene rings is 4. The zero-order valence-electron chi connectivity index (χ0n) is 18.5. The monoisotopic (exact) mass is 443 g/mol. The van der Waals surface area contributed by atoms with E-state index < -0.39 is 6.17 Å². The summed E-state index contributed by atoms with van der Waals surface area (Å²) in [7, 11) is 0. The van der Waals surface area contributed by atoms with Gasteiger partial charge < -0.3 is 5.32 Å². The molecular formula is C28H21N5O. The van der Waals surface area contributed by atoms with Crippen molar-refractivity contribution in [2.75, 3.05) is 0 Å². The Morgan fingerprint density at radius 3 is 2.44 bits per heavy atom. The van der Waals surface area contributed by atoms with Crippen LogP contribution in [0.4, 0.5) is 0 Å². The molecule has 6 nitrogen and oxygen atoms in total. The SMILES string of the molecule is Cc1nnc2n1-c1ccccc1C(c1ccccc1)=NC2NC(=O)c1cccc2ccccc12. The summed E-state index contributed by atoms with van der Waals surface area (Å²) in [5, 5.41) is 13.8. The van der Waals surface area contributed by atoms with Crippen LogP contribution in [0.15, 0.2) is 102 Å². The van der Waals surface area contributed by atoms with Crippen molar-refractivity contribution in [3.63, 3.8) is 0 Å². The molecule has 6 rings (SSSR count). The van der Waals surface area contributed by atoms with Gasteiger partial charge in [-0.25, -0.2) is 0 Å². The molecule has 1 aliphatic rings. The molecule has 0 radical (unpaired) electrons. The Labute approximate surface area is 196 Å². The molecule has 1 aromatic heterocycles. The highest BCUT2D eigenvalue weighted by atomic mass is 16.1. The summed E-state index contributed by atoms with van der Waals surface area (Å²) in [6, 6.07) is 31.6. The van der Waals surface area contributed by atoms with Gasteiger partial charge in [0.2, 0.25) is 0 Å². The van der Waals surface area contributed by atoms with Crippen LogP contribution in [0, 0.1) is 6.92 Å². The summed E-state index contributed by atoms with van der Waals surface area (Å²) < 4.78 is 1.98. The number of hydrogen-bond acceptors (Lipinski definition) is 4. The van der Waals surface area contributed by atoms with E-state index in [4.69, 9.17) is 4.99 Å². The Balaban J connectivity index is 1.51. The first kappa shape index (κ1) is 20.1. The topological polar surface area (TPSA) is 72.2 Å². The van der Waals surface area contributed by atoms with Gasteiger partial charge in [0.05, 0.1) is 11.4 Å². The van der Waals surface area contributed by atoms with Crippen molar-refractivity contribution in [2.45, 2.75) is 13.1 Å². The van der Waals surface area contributed by atoms with Crippen LogP contribution < -0.4 is 5.32 Å². The average molecular weight is 444 g/mol. The normalized spacial score (nSPS) is 14.6. The third-order valence-electron chi connectivity index (χ3n) is 6.10. The van der Waals surface area contributed by atoms with E-state index in [1.807, 2.05) is 109 Å². The van der Waals surface area contributed by atoms with Crippen molar-refractivity contribution in [3.05, 3.63) is 125 Å². The molecular weight excluding hydrogens is 422 g/mol. The largest absolute Gasteiger partial charge is 0.324 e. The summed E-state index contributed by atoms with van der Waals surface area (Å²) in [6.45, 7) is 1.91. The summed E-state index contributed by atoms with van der Waals surface area (Å²) in [6.07, 6.45) is -0.713. The van der Waals surface area contributed by atoms with Crippen LogP contribution >= 0.6 is 0 Å². The molecule has 1 aliphatic heterocycles. The Hall–Kier alpha value is -4.58. The van der Waals surface area contributed by atoms with Crippen LogP contribution in [0.1, 0.15) is 39.3 Å². The highest BCUT2D eigenvalue weighted by Gasteiger charge is 2.29. The molecule has 0 spiro atoms. The quantitative estimate of drug-likeness (QED) is 0.426. The minimum Gasteiger partial charge on any atom is -0.324 e. The van der Waals surface area contributed by atoms with Gasteiger partial charge in [0.1, 0.15) is 5.82 Å². The van der Waals surface area contributed by atoms with Gasteiger partial charge in [0.15, 0.2) is 12.0 Å². The van der Waals surface area contributed by atoms with E-state index in [1.165, 1.54) is 0 Å². The maximum atomic E-state index is 13.5. The van der Waals surface area contributed by atoms with Crippen LogP contribution in [-0.2, 0) is 0 Å². The first-order valence-electron chi connectivity index (χ1n) is 11.1. The van der Waals surface area contributed by atoms with E-state index in [2.05, 4.69) is 15.5 Å². The van der Waals surface area contributed by atoms with E-state index in [-0.39, 0.29) is 5.91 Å². The third-order valence-corrected chi connectivity index (χ3v) is 6.10. The molecule has 34 heavy (non-hydrogen) atoms. The molecule has 0 bridgehead atoms. The minimum atomic E-state index is -0.713. The Bertz CT molecular complexity index is 1560. The van der Waals surface area contributed by atoms with Crippen LogP contribution in [0.2, 0.25) is 0 Å². The van der Waals surface area contributed by atoms with Gasteiger partial charge >= 0.3 is 0 Å². The van der Waals surface area contributed by atoms with Crippen molar-refractivity contribution in [3.8, 4) is 5.69 Å². The number of aliphatic imine (C=N–C) groups is 1. The van der Waals surface area contributed by atoms with Crippen molar-refractivity contribution in [2.24, 2.45) is 4.99 Å². The maximum Gasteiger partial charge on any atom is 0.253 e. The minimum absolute atomic E-state index is 0.212. The van der Waals surface area contributed by atoms with Crippen LogP contribution in [0.25, 0.3) is 16.5 Å². The van der Waals surface area contributed by atoms with Crippen molar-refractivity contribution in [1.29, 1.82) is 0 Å². The van der Waals surface area contributed by atoms with Gasteiger partial charge in [0, 0.05) is 16.7 Å². The molecule has 1 N–H and O–H groups in total. The van der Waals surface area contributed by atoms with Crippen molar-refractivity contribution < 1.29 is 4.79 Å². The second kappa shape index (κ2) is 8.08. The molecule has 6 heteroatoms. The number of carbonyl (C=O) groups is 1. The number of nitrogens with zero attached hydrogens (tertiary/aromatic N) is 4. The molecule has 0 fully saturated rings. The van der Waals surface area contributed by atoms with E-state index in [1.54, 1.807) is 0 Å². The molecule has 0 saturated carbocycles. The first-order chi connectivity index (χ1) is 16.7. The number of aromatic nitrogens is 3. The van der Waals surface area contributed by atoms with Crippen molar-refractivity contribution >= 4 is 22.4 Å². The fraction of sp³-hybridized carbons (Fsp3) is 0.0714. The van der Waals surface area contributed by atoms with Gasteiger partial charge in [-0.1, -0.05) is 84.9 Å². The van der Waals surface area contributed by atoms with Crippen LogP contribution in [-0.4, -0.2) is 26.4 Å². The summed E-state index contributed by atoms with van der Waals surface area (Å²) in [4.78, 5) is 18.6. The van der Waals surface area contributed by atoms with Gasteiger partial charge in [-0.05, 0) is 29.8 Å². The lowest BCUT2D eigenvalue weighted by molar-refractivity contribution is 0.0938. The van der Waals surface area contributed by atoms with E-state index in [0.717, 1.165) is 39.1 Å². The van der Waals surface area contributed by atoms with Crippen LogP contribution in [0.3, 0.4) is 0 Å². The Morgan fingerprint density at radius 2 is 1.56 bits per heavy atom. The maximum absolute atomic E-state index is 13.5. The number of nitrogens with one attached hydrogen (secondary N) is 1. The number of para-hydroxylation sites is 1. The Morgan fingerprint density at radius 1 is 0.824 bits per heavy atom. The van der Waals surface area contributed by atoms with E-state index in [0.29, 0.717) is 11.4 Å². The van der Waals surface area contributed by atoms with Crippen LogP contribution in [0.5, 0.6) is 0 Å². The molecule has 1 unspecified atom stereocenters. The summed E-state index contributed by atoms with van der Waals surface area (Å²) in [5.74, 6) is 1.09. The number of rotatable bonds is 3. The molecule has 2 heterocycles. The molecule has 4 aromatic carbocycles. The lowest BCUT2D eigenvalue weighted by Gasteiger charge is -2.15. The highest BCUT2D eigenvalue weighted by Crippen LogP contribution is 2.30. The molecule has 5 aromatic rings. The standard InChI is InChI=1S/C28H21N5O/c1-18-31-32-27-26(30-28(34)22-16-9-13-19-10-5-6-14-21(19)22)29-25(20-11-3-2-4-12-20)23-15-7-8-17-24(23)33(18)27/h2-17,26H,1H3,(H,30,34). The smallest absolute Gasteiger partial charge is 0.253 e. The number of hydrogen-bond donors (Lipinski definition) is 1. The zero-order valence-corrected chi connectivity index (χ0v) is 18.5. The third kappa shape index (κ3) is 3.28.